The van der Waals surface area contributed by atoms with Crippen molar-refractivity contribution < 1.29 is 24.0 Å². The molecule has 0 aromatic heterocycles. The lowest BCUT2D eigenvalue weighted by molar-refractivity contribution is -0.385. The molecule has 2 aromatic rings. The van der Waals surface area contributed by atoms with Crippen molar-refractivity contribution in [2.75, 3.05) is 12.4 Å². The number of esters is 1. The summed E-state index contributed by atoms with van der Waals surface area (Å²) in [6.45, 7) is 2.95. The SMILES string of the molecule is COc1ccccc1NC(=O)C(C)OC(=O)c1ccc([N+](=O)[O-])c(C)c1. The Morgan fingerprint density at radius 2 is 1.88 bits per heavy atom. The van der Waals surface area contributed by atoms with Crippen molar-refractivity contribution in [2.24, 2.45) is 0 Å². The molecule has 2 rings (SSSR count). The number of carbonyl (C=O) groups is 2. The third-order valence-corrected chi connectivity index (χ3v) is 3.65. The highest BCUT2D eigenvalue weighted by atomic mass is 16.6. The number of para-hydroxylation sites is 2. The third kappa shape index (κ3) is 4.35. The Bertz CT molecular complexity index is 849. The van der Waals surface area contributed by atoms with E-state index in [2.05, 4.69) is 5.32 Å². The number of hydrogen-bond donors (Lipinski definition) is 1. The second-order valence-corrected chi connectivity index (χ2v) is 5.50. The van der Waals surface area contributed by atoms with Gasteiger partial charge in [-0.1, -0.05) is 12.1 Å². The molecule has 0 fully saturated rings. The summed E-state index contributed by atoms with van der Waals surface area (Å²) in [6.07, 6.45) is -1.07. The fourth-order valence-electron chi connectivity index (χ4n) is 2.25. The lowest BCUT2D eigenvalue weighted by atomic mass is 10.1. The third-order valence-electron chi connectivity index (χ3n) is 3.65. The second kappa shape index (κ2) is 8.11. The number of aryl methyl sites for hydroxylation is 1. The Morgan fingerprint density at radius 1 is 1.19 bits per heavy atom. The number of nitrogens with one attached hydrogen (secondary N) is 1. The number of nitro benzene ring substituents is 1. The van der Waals surface area contributed by atoms with Crippen LogP contribution in [0.2, 0.25) is 0 Å². The maximum absolute atomic E-state index is 12.2. The molecule has 1 unspecified atom stereocenters. The van der Waals surface area contributed by atoms with Gasteiger partial charge in [-0.25, -0.2) is 4.79 Å². The Morgan fingerprint density at radius 3 is 2.50 bits per heavy atom. The highest BCUT2D eigenvalue weighted by molar-refractivity contribution is 5.98. The number of benzene rings is 2. The zero-order valence-electron chi connectivity index (χ0n) is 14.5. The highest BCUT2D eigenvalue weighted by Crippen LogP contribution is 2.23. The van der Waals surface area contributed by atoms with Gasteiger partial charge in [-0.3, -0.25) is 14.9 Å². The van der Waals surface area contributed by atoms with E-state index < -0.39 is 22.9 Å². The zero-order valence-corrected chi connectivity index (χ0v) is 14.5. The molecule has 0 spiro atoms. The lowest BCUT2D eigenvalue weighted by Crippen LogP contribution is -2.30. The Labute approximate surface area is 149 Å². The summed E-state index contributed by atoms with van der Waals surface area (Å²) in [5, 5.41) is 13.4. The van der Waals surface area contributed by atoms with Crippen LogP contribution in [0.5, 0.6) is 5.75 Å². The molecule has 1 amide bonds. The molecular formula is C18H18N2O6. The molecule has 0 saturated heterocycles. The molecule has 0 aliphatic carbocycles. The van der Waals surface area contributed by atoms with Gasteiger partial charge in [0.1, 0.15) is 5.75 Å². The standard InChI is InChI=1S/C18H18N2O6/c1-11-10-13(8-9-15(11)20(23)24)18(22)26-12(2)17(21)19-14-6-4-5-7-16(14)25-3/h4-10,12H,1-3H3,(H,19,21). The molecule has 0 saturated carbocycles. The summed E-state index contributed by atoms with van der Waals surface area (Å²) < 4.78 is 10.3. The number of rotatable bonds is 6. The molecule has 0 heterocycles. The van der Waals surface area contributed by atoms with E-state index >= 15 is 0 Å². The van der Waals surface area contributed by atoms with Crippen LogP contribution in [0.15, 0.2) is 42.5 Å². The van der Waals surface area contributed by atoms with Gasteiger partial charge in [0.15, 0.2) is 6.10 Å². The molecule has 136 valence electrons. The van der Waals surface area contributed by atoms with Crippen molar-refractivity contribution in [3.8, 4) is 5.75 Å². The van der Waals surface area contributed by atoms with Crippen LogP contribution < -0.4 is 10.1 Å². The predicted molar refractivity (Wildman–Crippen MR) is 94.3 cm³/mol. The Hall–Kier alpha value is -3.42. The van der Waals surface area contributed by atoms with E-state index in [-0.39, 0.29) is 11.3 Å². The summed E-state index contributed by atoms with van der Waals surface area (Å²) in [4.78, 5) is 34.7. The van der Waals surface area contributed by atoms with E-state index in [0.29, 0.717) is 17.0 Å². The van der Waals surface area contributed by atoms with Gasteiger partial charge in [0.05, 0.1) is 23.3 Å². The van der Waals surface area contributed by atoms with Crippen molar-refractivity contribution in [1.82, 2.24) is 0 Å². The van der Waals surface area contributed by atoms with Crippen LogP contribution in [0.25, 0.3) is 0 Å². The van der Waals surface area contributed by atoms with Crippen LogP contribution in [0.1, 0.15) is 22.8 Å². The summed E-state index contributed by atoms with van der Waals surface area (Å²) in [6, 6.07) is 10.7. The van der Waals surface area contributed by atoms with E-state index in [1.807, 2.05) is 0 Å². The fourth-order valence-corrected chi connectivity index (χ4v) is 2.25. The Kier molecular flexibility index (Phi) is 5.90. The topological polar surface area (TPSA) is 108 Å². The molecule has 0 bridgehead atoms. The number of carbonyl (C=O) groups excluding carboxylic acids is 2. The minimum atomic E-state index is -1.07. The van der Waals surface area contributed by atoms with Crippen molar-refractivity contribution in [2.45, 2.75) is 20.0 Å². The average molecular weight is 358 g/mol. The van der Waals surface area contributed by atoms with E-state index in [1.54, 1.807) is 24.3 Å². The van der Waals surface area contributed by atoms with Gasteiger partial charge in [-0.2, -0.15) is 0 Å². The van der Waals surface area contributed by atoms with E-state index in [9.17, 15) is 19.7 Å². The quantitative estimate of drug-likeness (QED) is 0.483. The van der Waals surface area contributed by atoms with Crippen LogP contribution in [-0.2, 0) is 9.53 Å². The molecular weight excluding hydrogens is 340 g/mol. The monoisotopic (exact) mass is 358 g/mol. The van der Waals surface area contributed by atoms with Gasteiger partial charge in [-0.05, 0) is 38.1 Å². The van der Waals surface area contributed by atoms with Crippen molar-refractivity contribution in [1.29, 1.82) is 0 Å². The second-order valence-electron chi connectivity index (χ2n) is 5.50. The van der Waals surface area contributed by atoms with E-state index in [1.165, 1.54) is 39.2 Å². The first-order valence-corrected chi connectivity index (χ1v) is 7.73. The zero-order chi connectivity index (χ0) is 19.3. The molecule has 0 aliphatic heterocycles. The number of anilines is 1. The summed E-state index contributed by atoms with van der Waals surface area (Å²) in [7, 11) is 1.48. The normalized spacial score (nSPS) is 11.3. The Balaban J connectivity index is 2.05. The number of hydrogen-bond acceptors (Lipinski definition) is 6. The molecule has 8 heteroatoms. The molecule has 2 aromatic carbocycles. The van der Waals surface area contributed by atoms with Crippen molar-refractivity contribution in [3.63, 3.8) is 0 Å². The lowest BCUT2D eigenvalue weighted by Gasteiger charge is -2.15. The molecule has 1 N–H and O–H groups in total. The number of nitro groups is 1. The average Bonchev–Trinajstić information content (AvgIpc) is 2.61. The van der Waals surface area contributed by atoms with Crippen LogP contribution in [0.4, 0.5) is 11.4 Å². The van der Waals surface area contributed by atoms with Gasteiger partial charge in [-0.15, -0.1) is 0 Å². The van der Waals surface area contributed by atoms with Crippen molar-refractivity contribution in [3.05, 3.63) is 63.7 Å². The van der Waals surface area contributed by atoms with Crippen LogP contribution in [0, 0.1) is 17.0 Å². The van der Waals surface area contributed by atoms with Gasteiger partial charge >= 0.3 is 5.97 Å². The molecule has 0 radical (unpaired) electrons. The van der Waals surface area contributed by atoms with Gasteiger partial charge in [0, 0.05) is 11.6 Å². The summed E-state index contributed by atoms with van der Waals surface area (Å²) >= 11 is 0. The maximum atomic E-state index is 12.2. The number of ether oxygens (including phenoxy) is 2. The molecule has 0 aliphatic rings. The summed E-state index contributed by atoms with van der Waals surface area (Å²) in [5.41, 5.74) is 0.818. The van der Waals surface area contributed by atoms with Gasteiger partial charge < -0.3 is 14.8 Å². The fraction of sp³-hybridized carbons (Fsp3) is 0.222. The number of amides is 1. The van der Waals surface area contributed by atoms with Gasteiger partial charge in [0.2, 0.25) is 0 Å². The first-order chi connectivity index (χ1) is 12.3. The van der Waals surface area contributed by atoms with Gasteiger partial charge in [0.25, 0.3) is 11.6 Å². The smallest absolute Gasteiger partial charge is 0.338 e. The maximum Gasteiger partial charge on any atom is 0.338 e. The van der Waals surface area contributed by atoms with Crippen LogP contribution >= 0.6 is 0 Å². The van der Waals surface area contributed by atoms with Crippen LogP contribution in [-0.4, -0.2) is 30.0 Å². The minimum absolute atomic E-state index is 0.0940. The van der Waals surface area contributed by atoms with Crippen LogP contribution in [0.3, 0.4) is 0 Å². The number of methoxy groups -OCH3 is 1. The molecule has 8 nitrogen and oxygen atoms in total. The first kappa shape index (κ1) is 18.9. The molecule has 1 atom stereocenters. The van der Waals surface area contributed by atoms with E-state index in [0.717, 1.165) is 0 Å². The summed E-state index contributed by atoms with van der Waals surface area (Å²) in [5.74, 6) is -0.794. The van der Waals surface area contributed by atoms with E-state index in [4.69, 9.17) is 9.47 Å². The minimum Gasteiger partial charge on any atom is -0.495 e. The largest absolute Gasteiger partial charge is 0.495 e. The molecule has 26 heavy (non-hydrogen) atoms. The number of nitrogens with zero attached hydrogens (tertiary/aromatic N) is 1. The highest BCUT2D eigenvalue weighted by Gasteiger charge is 2.21. The van der Waals surface area contributed by atoms with Crippen molar-refractivity contribution >= 4 is 23.3 Å². The predicted octanol–water partition coefficient (Wildman–Crippen LogP) is 3.10. The first-order valence-electron chi connectivity index (χ1n) is 7.73.